The lowest BCUT2D eigenvalue weighted by atomic mass is 10.4. The van der Waals surface area contributed by atoms with Gasteiger partial charge in [0.25, 0.3) is 0 Å². The third kappa shape index (κ3) is 6.07. The maximum Gasteiger partial charge on any atom is 0.235 e. The topological polar surface area (TPSA) is 81.1 Å². The zero-order valence-electron chi connectivity index (χ0n) is 12.8. The summed E-state index contributed by atoms with van der Waals surface area (Å²) < 4.78 is 24.4. The number of sulfone groups is 1. The Balaban J connectivity index is 1.80. The first kappa shape index (κ1) is 17.6. The second-order valence-electron chi connectivity index (χ2n) is 4.85. The number of aromatic nitrogens is 2. The minimum absolute atomic E-state index is 0.0441. The van der Waals surface area contributed by atoms with Crippen LogP contribution in [0, 0.1) is 0 Å². The highest BCUT2D eigenvalue weighted by atomic mass is 32.2. The number of aryl methyl sites for hydroxylation is 1. The minimum atomic E-state index is -3.02. The fourth-order valence-corrected chi connectivity index (χ4v) is 3.25. The average molecular weight is 353 g/mol. The van der Waals surface area contributed by atoms with E-state index in [2.05, 4.69) is 10.4 Å². The van der Waals surface area contributed by atoms with Crippen molar-refractivity contribution in [2.24, 2.45) is 0 Å². The second-order valence-corrected chi connectivity index (χ2v) is 8.37. The molecule has 0 aliphatic heterocycles. The summed E-state index contributed by atoms with van der Waals surface area (Å²) in [5, 5.41) is 6.86. The Labute approximate surface area is 140 Å². The Bertz CT molecular complexity index is 742. The van der Waals surface area contributed by atoms with Crippen LogP contribution >= 0.6 is 11.8 Å². The van der Waals surface area contributed by atoms with Gasteiger partial charge in [-0.3, -0.25) is 9.48 Å². The van der Waals surface area contributed by atoms with Gasteiger partial charge in [-0.2, -0.15) is 5.10 Å². The summed E-state index contributed by atoms with van der Waals surface area (Å²) in [5.74, 6) is 0.737. The Morgan fingerprint density at radius 2 is 2.00 bits per heavy atom. The molecule has 0 spiro atoms. The van der Waals surface area contributed by atoms with Gasteiger partial charge in [0.15, 0.2) is 15.7 Å². The zero-order valence-corrected chi connectivity index (χ0v) is 14.4. The number of benzene rings is 1. The largest absolute Gasteiger partial charge is 0.308 e. The predicted molar refractivity (Wildman–Crippen MR) is 92.4 cm³/mol. The van der Waals surface area contributed by atoms with Crippen molar-refractivity contribution in [3.63, 3.8) is 0 Å². The average Bonchev–Trinajstić information content (AvgIpc) is 3.00. The fourth-order valence-electron chi connectivity index (χ4n) is 1.77. The van der Waals surface area contributed by atoms with Crippen molar-refractivity contribution in [2.75, 3.05) is 22.6 Å². The number of carbonyl (C=O) groups excluding carboxylic acids is 1. The van der Waals surface area contributed by atoms with Crippen LogP contribution in [0.2, 0.25) is 0 Å². The van der Waals surface area contributed by atoms with Gasteiger partial charge >= 0.3 is 0 Å². The molecule has 1 N–H and O–H groups in total. The van der Waals surface area contributed by atoms with Crippen LogP contribution in [0.15, 0.2) is 47.5 Å². The lowest BCUT2D eigenvalue weighted by molar-refractivity contribution is -0.113. The van der Waals surface area contributed by atoms with E-state index in [4.69, 9.17) is 0 Å². The molecule has 23 heavy (non-hydrogen) atoms. The van der Waals surface area contributed by atoms with Crippen molar-refractivity contribution in [1.29, 1.82) is 0 Å². The Morgan fingerprint density at radius 3 is 2.70 bits per heavy atom. The molecule has 8 heteroatoms. The van der Waals surface area contributed by atoms with E-state index in [0.29, 0.717) is 11.6 Å². The first-order valence-electron chi connectivity index (χ1n) is 7.20. The highest BCUT2D eigenvalue weighted by Crippen LogP contribution is 2.17. The van der Waals surface area contributed by atoms with Gasteiger partial charge in [0, 0.05) is 22.9 Å². The van der Waals surface area contributed by atoms with E-state index < -0.39 is 9.84 Å². The molecule has 0 saturated heterocycles. The van der Waals surface area contributed by atoms with E-state index in [0.717, 1.165) is 4.90 Å². The molecule has 0 radical (unpaired) electrons. The smallest absolute Gasteiger partial charge is 0.235 e. The zero-order chi connectivity index (χ0) is 16.7. The van der Waals surface area contributed by atoms with Gasteiger partial charge in [-0.25, -0.2) is 8.42 Å². The number of thioether (sulfide) groups is 1. The highest BCUT2D eigenvalue weighted by molar-refractivity contribution is 8.00. The van der Waals surface area contributed by atoms with Gasteiger partial charge in [-0.15, -0.1) is 11.8 Å². The number of rotatable bonds is 8. The molecule has 2 rings (SSSR count). The number of nitrogens with one attached hydrogen (secondary N) is 1. The van der Waals surface area contributed by atoms with Crippen LogP contribution < -0.4 is 5.32 Å². The summed E-state index contributed by atoms with van der Waals surface area (Å²) >= 11 is 1.45. The summed E-state index contributed by atoms with van der Waals surface area (Å²) in [7, 11) is -3.02. The second kappa shape index (κ2) is 8.16. The third-order valence-electron chi connectivity index (χ3n) is 3.09. The van der Waals surface area contributed by atoms with Crippen molar-refractivity contribution < 1.29 is 13.2 Å². The van der Waals surface area contributed by atoms with Crippen LogP contribution in [-0.4, -0.2) is 41.4 Å². The number of amides is 1. The van der Waals surface area contributed by atoms with Crippen LogP contribution in [0.5, 0.6) is 0 Å². The van der Waals surface area contributed by atoms with Gasteiger partial charge in [0.1, 0.15) is 0 Å². The monoisotopic (exact) mass is 353 g/mol. The molecule has 1 aromatic carbocycles. The van der Waals surface area contributed by atoms with Crippen molar-refractivity contribution in [2.45, 2.75) is 18.4 Å². The summed E-state index contributed by atoms with van der Waals surface area (Å²) in [6.45, 7) is 1.90. The molecule has 0 unspecified atom stereocenters. The summed E-state index contributed by atoms with van der Waals surface area (Å²) in [5.41, 5.74) is 0. The molecule has 6 nitrogen and oxygen atoms in total. The third-order valence-corrected chi connectivity index (χ3v) is 5.79. The molecule has 0 bridgehead atoms. The van der Waals surface area contributed by atoms with Gasteiger partial charge < -0.3 is 5.32 Å². The van der Waals surface area contributed by atoms with E-state index >= 15 is 0 Å². The first-order chi connectivity index (χ1) is 11.0. The molecule has 0 fully saturated rings. The molecule has 1 heterocycles. The van der Waals surface area contributed by atoms with Crippen molar-refractivity contribution in [1.82, 2.24) is 9.78 Å². The maximum absolute atomic E-state index is 11.9. The molecule has 0 atom stereocenters. The van der Waals surface area contributed by atoms with Crippen LogP contribution in [0.3, 0.4) is 0 Å². The molecule has 0 aliphatic rings. The van der Waals surface area contributed by atoms with Crippen molar-refractivity contribution in [3.8, 4) is 0 Å². The summed E-state index contributed by atoms with van der Waals surface area (Å²) in [4.78, 5) is 12.9. The van der Waals surface area contributed by atoms with E-state index in [9.17, 15) is 13.2 Å². The molecular formula is C15H19N3O3S2. The van der Waals surface area contributed by atoms with E-state index in [1.807, 2.05) is 30.3 Å². The Kier molecular flexibility index (Phi) is 6.23. The van der Waals surface area contributed by atoms with Gasteiger partial charge in [0.05, 0.1) is 18.1 Å². The van der Waals surface area contributed by atoms with Crippen LogP contribution in [-0.2, 0) is 21.2 Å². The van der Waals surface area contributed by atoms with Gasteiger partial charge in [-0.1, -0.05) is 25.1 Å². The number of carbonyl (C=O) groups is 1. The normalized spacial score (nSPS) is 11.3. The quantitative estimate of drug-likeness (QED) is 0.735. The van der Waals surface area contributed by atoms with Gasteiger partial charge in [-0.05, 0) is 12.1 Å². The lowest BCUT2D eigenvalue weighted by Gasteiger charge is -2.03. The summed E-state index contributed by atoms with van der Waals surface area (Å²) in [6.07, 6.45) is 1.66. The molecule has 1 aromatic heterocycles. The lowest BCUT2D eigenvalue weighted by Crippen LogP contribution is -2.16. The molecule has 0 saturated carbocycles. The fraction of sp³-hybridized carbons (Fsp3) is 0.333. The molecule has 124 valence electrons. The molecule has 1 amide bonds. The number of anilines is 1. The van der Waals surface area contributed by atoms with E-state index in [1.54, 1.807) is 19.2 Å². The first-order valence-corrected chi connectivity index (χ1v) is 10.0. The molecular weight excluding hydrogens is 334 g/mol. The van der Waals surface area contributed by atoms with Crippen molar-refractivity contribution in [3.05, 3.63) is 42.6 Å². The Morgan fingerprint density at radius 1 is 1.26 bits per heavy atom. The number of hydrogen-bond acceptors (Lipinski definition) is 5. The Hall–Kier alpha value is -1.80. The summed E-state index contributed by atoms with van der Waals surface area (Å²) in [6, 6.07) is 11.3. The molecule has 0 aliphatic carbocycles. The molecule has 2 aromatic rings. The number of hydrogen-bond donors (Lipinski definition) is 1. The van der Waals surface area contributed by atoms with Gasteiger partial charge in [0.2, 0.25) is 5.91 Å². The standard InChI is InChI=1S/C15H19N3O3S2/c1-2-23(20,21)11-10-18-9-8-14(17-18)16-15(19)12-22-13-6-4-3-5-7-13/h3-9H,2,10-12H2,1H3,(H,16,17,19). The van der Waals surface area contributed by atoms with Crippen LogP contribution in [0.4, 0.5) is 5.82 Å². The number of nitrogens with zero attached hydrogens (tertiary/aromatic N) is 2. The van der Waals surface area contributed by atoms with Crippen LogP contribution in [0.25, 0.3) is 0 Å². The van der Waals surface area contributed by atoms with E-state index in [-0.39, 0.29) is 24.0 Å². The van der Waals surface area contributed by atoms with E-state index in [1.165, 1.54) is 16.4 Å². The maximum atomic E-state index is 11.9. The highest BCUT2D eigenvalue weighted by Gasteiger charge is 2.09. The SMILES string of the molecule is CCS(=O)(=O)CCn1ccc(NC(=O)CSc2ccccc2)n1. The van der Waals surface area contributed by atoms with Crippen LogP contribution in [0.1, 0.15) is 6.92 Å². The minimum Gasteiger partial charge on any atom is -0.308 e. The predicted octanol–water partition coefficient (Wildman–Crippen LogP) is 2.05. The van der Waals surface area contributed by atoms with Crippen molar-refractivity contribution >= 4 is 33.3 Å².